The summed E-state index contributed by atoms with van der Waals surface area (Å²) in [6.07, 6.45) is 8.68. The van der Waals surface area contributed by atoms with Crippen molar-refractivity contribution >= 4 is 23.3 Å². The Bertz CT molecular complexity index is 867. The molecule has 0 radical (unpaired) electrons. The van der Waals surface area contributed by atoms with Gasteiger partial charge in [0.15, 0.2) is 0 Å². The van der Waals surface area contributed by atoms with Gasteiger partial charge in [0.2, 0.25) is 5.91 Å². The molecule has 2 aliphatic carbocycles. The van der Waals surface area contributed by atoms with Crippen molar-refractivity contribution in [2.24, 2.45) is 11.7 Å². The fourth-order valence-corrected chi connectivity index (χ4v) is 4.88. The summed E-state index contributed by atoms with van der Waals surface area (Å²) in [7, 11) is 0. The molecule has 6 nitrogen and oxygen atoms in total. The molecular weight excluding hydrogens is 405 g/mol. The molecule has 4 rings (SSSR count). The molecule has 8 heteroatoms. The zero-order chi connectivity index (χ0) is 21.3. The highest BCUT2D eigenvalue weighted by Crippen LogP contribution is 2.37. The summed E-state index contributed by atoms with van der Waals surface area (Å²) in [5.74, 6) is 0.861. The maximum atomic E-state index is 15.1. The maximum absolute atomic E-state index is 15.1. The Labute approximate surface area is 182 Å². The molecular formula is C22H29ClFN5O. The molecule has 2 unspecified atom stereocenters. The number of allylic oxidation sites excluding steroid dienone is 4. The van der Waals surface area contributed by atoms with Gasteiger partial charge < -0.3 is 15.5 Å². The van der Waals surface area contributed by atoms with E-state index >= 15 is 4.39 Å². The topological polar surface area (TPSA) is 75.4 Å². The molecule has 3 aliphatic rings. The summed E-state index contributed by atoms with van der Waals surface area (Å²) in [6, 6.07) is 0. The van der Waals surface area contributed by atoms with Crippen molar-refractivity contribution in [2.75, 3.05) is 37.6 Å². The SMILES string of the molecule is C[C@@H]1CCc2ncnc(N3CCN(C(=O)C(CN)CC4(F)C=CC(Cl)=CC4)CC3)c21. The summed E-state index contributed by atoms with van der Waals surface area (Å²) in [5.41, 5.74) is 6.71. The van der Waals surface area contributed by atoms with Crippen molar-refractivity contribution in [3.63, 3.8) is 0 Å². The van der Waals surface area contributed by atoms with Crippen LogP contribution < -0.4 is 10.6 Å². The Hall–Kier alpha value is -1.99. The molecule has 1 saturated heterocycles. The lowest BCUT2D eigenvalue weighted by Gasteiger charge is -2.38. The third kappa shape index (κ3) is 4.23. The fourth-order valence-electron chi connectivity index (χ4n) is 4.74. The van der Waals surface area contributed by atoms with Gasteiger partial charge in [-0.2, -0.15) is 0 Å². The molecule has 0 aromatic carbocycles. The molecule has 0 saturated carbocycles. The zero-order valence-corrected chi connectivity index (χ0v) is 18.1. The van der Waals surface area contributed by atoms with Crippen molar-refractivity contribution in [3.05, 3.63) is 40.8 Å². The van der Waals surface area contributed by atoms with E-state index in [-0.39, 0.29) is 25.3 Å². The fraction of sp³-hybridized carbons (Fsp3) is 0.591. The Morgan fingerprint density at radius 3 is 2.80 bits per heavy atom. The van der Waals surface area contributed by atoms with Crippen LogP contribution in [-0.4, -0.2) is 59.2 Å². The van der Waals surface area contributed by atoms with Crippen LogP contribution in [0.2, 0.25) is 0 Å². The van der Waals surface area contributed by atoms with Gasteiger partial charge in [-0.15, -0.1) is 0 Å². The number of carbonyl (C=O) groups excluding carboxylic acids is 1. The average molecular weight is 434 g/mol. The van der Waals surface area contributed by atoms with Gasteiger partial charge in [0.25, 0.3) is 0 Å². The Morgan fingerprint density at radius 2 is 2.13 bits per heavy atom. The molecule has 1 aromatic rings. The minimum atomic E-state index is -1.57. The van der Waals surface area contributed by atoms with E-state index in [1.807, 2.05) is 4.90 Å². The molecule has 2 N–H and O–H groups in total. The van der Waals surface area contributed by atoms with Gasteiger partial charge in [-0.1, -0.05) is 24.6 Å². The van der Waals surface area contributed by atoms with Gasteiger partial charge in [0.05, 0.1) is 5.92 Å². The Morgan fingerprint density at radius 1 is 1.37 bits per heavy atom. The van der Waals surface area contributed by atoms with Crippen LogP contribution in [0.25, 0.3) is 0 Å². The molecule has 1 aromatic heterocycles. The van der Waals surface area contributed by atoms with Crippen LogP contribution >= 0.6 is 11.6 Å². The van der Waals surface area contributed by atoms with E-state index in [9.17, 15) is 4.79 Å². The number of halogens is 2. The lowest BCUT2D eigenvalue weighted by Crippen LogP contribution is -2.52. The second kappa shape index (κ2) is 8.63. The second-order valence-electron chi connectivity index (χ2n) is 8.61. The van der Waals surface area contributed by atoms with E-state index in [4.69, 9.17) is 17.3 Å². The molecule has 2 heterocycles. The van der Waals surface area contributed by atoms with Gasteiger partial charge in [-0.3, -0.25) is 4.79 Å². The van der Waals surface area contributed by atoms with Crippen LogP contribution in [0.1, 0.15) is 43.4 Å². The molecule has 3 atom stereocenters. The largest absolute Gasteiger partial charge is 0.353 e. The second-order valence-corrected chi connectivity index (χ2v) is 9.04. The highest BCUT2D eigenvalue weighted by molar-refractivity contribution is 6.31. The predicted molar refractivity (Wildman–Crippen MR) is 116 cm³/mol. The molecule has 1 fully saturated rings. The molecule has 30 heavy (non-hydrogen) atoms. The van der Waals surface area contributed by atoms with Crippen molar-refractivity contribution in [1.82, 2.24) is 14.9 Å². The van der Waals surface area contributed by atoms with Gasteiger partial charge in [0.1, 0.15) is 17.8 Å². The predicted octanol–water partition coefficient (Wildman–Crippen LogP) is 2.93. The first-order valence-electron chi connectivity index (χ1n) is 10.7. The minimum absolute atomic E-state index is 0.0653. The van der Waals surface area contributed by atoms with Gasteiger partial charge >= 0.3 is 0 Å². The van der Waals surface area contributed by atoms with Crippen LogP contribution in [0.3, 0.4) is 0 Å². The van der Waals surface area contributed by atoms with Gasteiger partial charge in [-0.05, 0) is 37.3 Å². The minimum Gasteiger partial charge on any atom is -0.353 e. The molecule has 1 amide bonds. The number of nitrogens with zero attached hydrogens (tertiary/aromatic N) is 4. The lowest BCUT2D eigenvalue weighted by molar-refractivity contribution is -0.136. The van der Waals surface area contributed by atoms with Gasteiger partial charge in [-0.25, -0.2) is 14.4 Å². The molecule has 0 bridgehead atoms. The Kier molecular flexibility index (Phi) is 6.11. The van der Waals surface area contributed by atoms with Crippen LogP contribution in [0.4, 0.5) is 10.2 Å². The van der Waals surface area contributed by atoms with Crippen molar-refractivity contribution < 1.29 is 9.18 Å². The molecule has 0 spiro atoms. The first-order chi connectivity index (χ1) is 14.4. The smallest absolute Gasteiger partial charge is 0.227 e. The third-order valence-corrected chi connectivity index (χ3v) is 6.82. The number of piperazine rings is 1. The summed E-state index contributed by atoms with van der Waals surface area (Å²) in [4.78, 5) is 26.1. The van der Waals surface area contributed by atoms with Crippen LogP contribution in [-0.2, 0) is 11.2 Å². The number of anilines is 1. The van der Waals surface area contributed by atoms with Crippen LogP contribution in [0, 0.1) is 5.92 Å². The summed E-state index contributed by atoms with van der Waals surface area (Å²) in [6.45, 7) is 4.94. The number of fused-ring (bicyclic) bond motifs is 1. The maximum Gasteiger partial charge on any atom is 0.227 e. The van der Waals surface area contributed by atoms with Crippen molar-refractivity contribution in [2.45, 2.75) is 44.2 Å². The van der Waals surface area contributed by atoms with Crippen molar-refractivity contribution in [1.29, 1.82) is 0 Å². The Balaban J connectivity index is 1.39. The monoisotopic (exact) mass is 433 g/mol. The first-order valence-corrected chi connectivity index (χ1v) is 11.1. The zero-order valence-electron chi connectivity index (χ0n) is 17.4. The number of aryl methyl sites for hydroxylation is 1. The third-order valence-electron chi connectivity index (χ3n) is 6.54. The normalized spacial score (nSPS) is 27.1. The van der Waals surface area contributed by atoms with E-state index in [2.05, 4.69) is 21.8 Å². The van der Waals surface area contributed by atoms with E-state index in [1.54, 1.807) is 18.5 Å². The number of hydrogen-bond acceptors (Lipinski definition) is 5. The number of carbonyl (C=O) groups is 1. The van der Waals surface area contributed by atoms with E-state index in [1.165, 1.54) is 11.6 Å². The molecule has 1 aliphatic heterocycles. The average Bonchev–Trinajstić information content (AvgIpc) is 3.15. The van der Waals surface area contributed by atoms with Crippen LogP contribution in [0.15, 0.2) is 29.6 Å². The summed E-state index contributed by atoms with van der Waals surface area (Å²) >= 11 is 5.90. The summed E-state index contributed by atoms with van der Waals surface area (Å²) < 4.78 is 15.1. The number of rotatable bonds is 5. The van der Waals surface area contributed by atoms with Crippen molar-refractivity contribution in [3.8, 4) is 0 Å². The van der Waals surface area contributed by atoms with Crippen LogP contribution in [0.5, 0.6) is 0 Å². The van der Waals surface area contributed by atoms with Gasteiger partial charge in [0, 0.05) is 55.4 Å². The highest BCUT2D eigenvalue weighted by Gasteiger charge is 2.36. The lowest BCUT2D eigenvalue weighted by atomic mass is 9.86. The summed E-state index contributed by atoms with van der Waals surface area (Å²) in [5, 5.41) is 0.528. The highest BCUT2D eigenvalue weighted by atomic mass is 35.5. The number of alkyl halides is 1. The number of aromatic nitrogens is 2. The van der Waals surface area contributed by atoms with E-state index in [0.717, 1.165) is 24.4 Å². The quantitative estimate of drug-likeness (QED) is 0.772. The molecule has 162 valence electrons. The van der Waals surface area contributed by atoms with E-state index < -0.39 is 11.6 Å². The number of nitrogens with two attached hydrogens (primary N) is 1. The first kappa shape index (κ1) is 21.2. The standard InChI is InChI=1S/C22H29ClFN5O/c1-15-2-3-18-19(15)20(27-14-26-18)28-8-10-29(11-9-28)21(30)16(13-25)12-22(24)6-4-17(23)5-7-22/h4-6,14-16H,2-3,7-13,25H2,1H3/t15-,16?,22?/m1/s1. The van der Waals surface area contributed by atoms with E-state index in [0.29, 0.717) is 37.1 Å². The number of amides is 1. The number of hydrogen-bond donors (Lipinski definition) is 1.